The van der Waals surface area contributed by atoms with Gasteiger partial charge in [0.25, 0.3) is 0 Å². The zero-order valence-corrected chi connectivity index (χ0v) is 11.8. The predicted octanol–water partition coefficient (Wildman–Crippen LogP) is 2.55. The van der Waals surface area contributed by atoms with Crippen LogP contribution in [0.25, 0.3) is 0 Å². The molecule has 1 unspecified atom stereocenters. The van der Waals surface area contributed by atoms with E-state index in [0.717, 1.165) is 31.0 Å². The summed E-state index contributed by atoms with van der Waals surface area (Å²) in [5.74, 6) is 6.12. The molecule has 3 rings (SSSR count). The molecule has 0 saturated heterocycles. The summed E-state index contributed by atoms with van der Waals surface area (Å²) < 4.78 is 0. The van der Waals surface area contributed by atoms with E-state index in [-0.39, 0.29) is 0 Å². The fourth-order valence-corrected chi connectivity index (χ4v) is 3.60. The maximum Gasteiger partial charge on any atom is 0.140 e. The Morgan fingerprint density at radius 1 is 1.47 bits per heavy atom. The number of anilines is 1. The highest BCUT2D eigenvalue weighted by Gasteiger charge is 2.24. The molecule has 0 aromatic carbocycles. The molecule has 5 heteroatoms. The zero-order chi connectivity index (χ0) is 13.2. The number of nitrogens with two attached hydrogens (primary N) is 1. The number of fused-ring (bicyclic) bond motifs is 1. The monoisotopic (exact) mass is 274 g/mol. The van der Waals surface area contributed by atoms with E-state index in [9.17, 15) is 0 Å². The Labute approximate surface area is 117 Å². The van der Waals surface area contributed by atoms with Crippen LogP contribution >= 0.6 is 11.3 Å². The van der Waals surface area contributed by atoms with E-state index in [1.165, 1.54) is 10.4 Å². The fourth-order valence-electron chi connectivity index (χ4n) is 2.63. The molecular formula is C14H18N4S. The molecule has 0 radical (unpaired) electrons. The lowest BCUT2D eigenvalue weighted by Gasteiger charge is -2.33. The largest absolute Gasteiger partial charge is 0.308 e. The highest BCUT2D eigenvalue weighted by Crippen LogP contribution is 2.33. The van der Waals surface area contributed by atoms with Crippen LogP contribution in [-0.4, -0.2) is 16.4 Å². The van der Waals surface area contributed by atoms with Gasteiger partial charge in [-0.1, -0.05) is 6.07 Å². The number of nitrogens with zero attached hydrogens (tertiary/aromatic N) is 2. The second-order valence-electron chi connectivity index (χ2n) is 4.85. The van der Waals surface area contributed by atoms with Gasteiger partial charge in [0.05, 0.1) is 5.69 Å². The van der Waals surface area contributed by atoms with E-state index in [1.807, 2.05) is 23.5 Å². The number of aromatic nitrogens is 1. The average molecular weight is 274 g/mol. The maximum atomic E-state index is 5.40. The first-order chi connectivity index (χ1) is 9.28. The van der Waals surface area contributed by atoms with Gasteiger partial charge in [-0.3, -0.25) is 4.90 Å². The van der Waals surface area contributed by atoms with E-state index in [2.05, 4.69) is 39.7 Å². The van der Waals surface area contributed by atoms with Gasteiger partial charge in [-0.2, -0.15) is 0 Å². The van der Waals surface area contributed by atoms with Gasteiger partial charge < -0.3 is 5.43 Å². The van der Waals surface area contributed by atoms with Crippen LogP contribution in [0.15, 0.2) is 29.6 Å². The number of pyridine rings is 1. The third-order valence-corrected chi connectivity index (χ3v) is 4.72. The summed E-state index contributed by atoms with van der Waals surface area (Å²) in [7, 11) is 0. The minimum Gasteiger partial charge on any atom is -0.308 e. The molecule has 4 nitrogen and oxygen atoms in total. The molecule has 3 N–H and O–H groups in total. The van der Waals surface area contributed by atoms with Crippen LogP contribution in [0.4, 0.5) is 5.82 Å². The average Bonchev–Trinajstić information content (AvgIpc) is 2.91. The van der Waals surface area contributed by atoms with Crippen molar-refractivity contribution < 1.29 is 0 Å². The van der Waals surface area contributed by atoms with E-state index < -0.39 is 0 Å². The molecule has 100 valence electrons. The lowest BCUT2D eigenvalue weighted by atomic mass is 10.0. The molecule has 0 amide bonds. The molecule has 1 aliphatic rings. The van der Waals surface area contributed by atoms with Crippen LogP contribution in [0.2, 0.25) is 0 Å². The van der Waals surface area contributed by atoms with Gasteiger partial charge in [-0.15, -0.1) is 11.3 Å². The van der Waals surface area contributed by atoms with Crippen LogP contribution in [0.5, 0.6) is 0 Å². The Kier molecular flexibility index (Phi) is 3.50. The Balaban J connectivity index is 1.77. The van der Waals surface area contributed by atoms with Gasteiger partial charge in [0.1, 0.15) is 5.82 Å². The van der Waals surface area contributed by atoms with Gasteiger partial charge in [0, 0.05) is 24.0 Å². The smallest absolute Gasteiger partial charge is 0.140 e. The normalized spacial score (nSPS) is 19.2. The fraction of sp³-hybridized carbons (Fsp3) is 0.357. The van der Waals surface area contributed by atoms with Crippen LogP contribution in [0.3, 0.4) is 0 Å². The Morgan fingerprint density at radius 3 is 3.21 bits per heavy atom. The van der Waals surface area contributed by atoms with Crippen LogP contribution in [-0.2, 0) is 13.0 Å². The lowest BCUT2D eigenvalue weighted by molar-refractivity contribution is 0.189. The van der Waals surface area contributed by atoms with Gasteiger partial charge in [-0.25, -0.2) is 10.8 Å². The van der Waals surface area contributed by atoms with Gasteiger partial charge >= 0.3 is 0 Å². The van der Waals surface area contributed by atoms with Crippen molar-refractivity contribution in [2.24, 2.45) is 5.84 Å². The first-order valence-corrected chi connectivity index (χ1v) is 7.39. The number of hydrogen-bond acceptors (Lipinski definition) is 5. The third-order valence-electron chi connectivity index (χ3n) is 3.72. The number of nitrogens with one attached hydrogen (secondary N) is 1. The van der Waals surface area contributed by atoms with Crippen molar-refractivity contribution >= 4 is 17.2 Å². The summed E-state index contributed by atoms with van der Waals surface area (Å²) in [5.41, 5.74) is 5.13. The molecule has 1 atom stereocenters. The summed E-state index contributed by atoms with van der Waals surface area (Å²) in [6.45, 7) is 4.23. The standard InChI is InChI=1S/C14H18N4S/c1-10-12-6-8-19-13(12)5-7-18(10)9-11-3-2-4-14(16-11)17-15/h2-4,6,8,10H,5,7,9,15H2,1H3,(H,16,17). The zero-order valence-electron chi connectivity index (χ0n) is 11.0. The Morgan fingerprint density at radius 2 is 2.37 bits per heavy atom. The van der Waals surface area contributed by atoms with Crippen molar-refractivity contribution in [3.8, 4) is 0 Å². The number of rotatable bonds is 3. The Bertz CT molecular complexity index is 566. The molecule has 2 aromatic rings. The summed E-state index contributed by atoms with van der Waals surface area (Å²) in [4.78, 5) is 8.49. The van der Waals surface area contributed by atoms with Crippen molar-refractivity contribution in [2.75, 3.05) is 12.0 Å². The molecule has 0 fully saturated rings. The molecule has 2 aromatic heterocycles. The molecule has 1 aliphatic heterocycles. The van der Waals surface area contributed by atoms with E-state index in [4.69, 9.17) is 5.84 Å². The molecular weight excluding hydrogens is 256 g/mol. The summed E-state index contributed by atoms with van der Waals surface area (Å²) >= 11 is 1.87. The van der Waals surface area contributed by atoms with Crippen molar-refractivity contribution in [1.82, 2.24) is 9.88 Å². The first kappa shape index (κ1) is 12.6. The highest BCUT2D eigenvalue weighted by atomic mass is 32.1. The summed E-state index contributed by atoms with van der Waals surface area (Å²) in [6.07, 6.45) is 1.15. The SMILES string of the molecule is CC1c2ccsc2CCN1Cc1cccc(NN)n1. The van der Waals surface area contributed by atoms with Gasteiger partial charge in [0.2, 0.25) is 0 Å². The molecule has 3 heterocycles. The molecule has 19 heavy (non-hydrogen) atoms. The van der Waals surface area contributed by atoms with Crippen LogP contribution < -0.4 is 11.3 Å². The van der Waals surface area contributed by atoms with E-state index in [1.54, 1.807) is 0 Å². The van der Waals surface area contributed by atoms with Crippen LogP contribution in [0.1, 0.15) is 29.1 Å². The second kappa shape index (κ2) is 5.28. The van der Waals surface area contributed by atoms with E-state index in [0.29, 0.717) is 6.04 Å². The summed E-state index contributed by atoms with van der Waals surface area (Å²) in [6, 6.07) is 8.63. The maximum absolute atomic E-state index is 5.40. The number of hydrogen-bond donors (Lipinski definition) is 2. The molecule has 0 bridgehead atoms. The Hall–Kier alpha value is -1.43. The van der Waals surface area contributed by atoms with Crippen LogP contribution in [0, 0.1) is 0 Å². The topological polar surface area (TPSA) is 54.2 Å². The quantitative estimate of drug-likeness (QED) is 0.667. The second-order valence-corrected chi connectivity index (χ2v) is 5.85. The molecule has 0 spiro atoms. The predicted molar refractivity (Wildman–Crippen MR) is 78.9 cm³/mol. The van der Waals surface area contributed by atoms with Crippen molar-refractivity contribution in [3.05, 3.63) is 45.8 Å². The minimum atomic E-state index is 0.464. The minimum absolute atomic E-state index is 0.464. The van der Waals surface area contributed by atoms with Crippen molar-refractivity contribution in [2.45, 2.75) is 25.9 Å². The van der Waals surface area contributed by atoms with Gasteiger partial charge in [-0.05, 0) is 42.5 Å². The number of thiophene rings is 1. The lowest BCUT2D eigenvalue weighted by Crippen LogP contribution is -2.33. The molecule has 0 aliphatic carbocycles. The molecule has 0 saturated carbocycles. The summed E-state index contributed by atoms with van der Waals surface area (Å²) in [5, 5.41) is 2.20. The first-order valence-electron chi connectivity index (χ1n) is 6.51. The third kappa shape index (κ3) is 2.49. The number of nitrogen functional groups attached to an aromatic ring is 1. The highest BCUT2D eigenvalue weighted by molar-refractivity contribution is 7.10. The van der Waals surface area contributed by atoms with Gasteiger partial charge in [0.15, 0.2) is 0 Å². The van der Waals surface area contributed by atoms with Crippen molar-refractivity contribution in [1.29, 1.82) is 0 Å². The van der Waals surface area contributed by atoms with E-state index >= 15 is 0 Å². The van der Waals surface area contributed by atoms with Crippen molar-refractivity contribution in [3.63, 3.8) is 0 Å². The number of hydrazine groups is 1.